The highest BCUT2D eigenvalue weighted by molar-refractivity contribution is 14.2. The molecule has 25 heavy (non-hydrogen) atoms. The molecule has 0 amide bonds. The smallest absolute Gasteiger partial charge is 0.263 e. The Hall–Kier alpha value is -1.29. The van der Waals surface area contributed by atoms with Crippen molar-refractivity contribution in [1.29, 1.82) is 5.26 Å². The van der Waals surface area contributed by atoms with E-state index in [1.165, 1.54) is 27.4 Å². The number of nitrogens with one attached hydrogen (secondary N) is 1. The Morgan fingerprint density at radius 1 is 1.48 bits per heavy atom. The molecular formula is C15H13FIN3O3S2. The second-order valence-electron chi connectivity index (χ2n) is 5.62. The molecule has 1 unspecified atom stereocenters. The van der Waals surface area contributed by atoms with E-state index >= 15 is 0 Å². The lowest BCUT2D eigenvalue weighted by molar-refractivity contribution is 0.157. The average molecular weight is 493 g/mol. The number of nitriles is 1. The maximum atomic E-state index is 14.0. The van der Waals surface area contributed by atoms with Gasteiger partial charge in [0.1, 0.15) is 10.7 Å². The molecule has 6 nitrogen and oxygen atoms in total. The van der Waals surface area contributed by atoms with Crippen molar-refractivity contribution in [3.63, 3.8) is 0 Å². The lowest BCUT2D eigenvalue weighted by Crippen LogP contribution is -2.21. The molecular weight excluding hydrogens is 480 g/mol. The lowest BCUT2D eigenvalue weighted by atomic mass is 9.96. The van der Waals surface area contributed by atoms with Crippen LogP contribution < -0.4 is 4.72 Å². The Balaban J connectivity index is 2.00. The summed E-state index contributed by atoms with van der Waals surface area (Å²) >= 11 is 2.04. The molecule has 2 aromatic rings. The normalized spacial score (nSPS) is 17.0. The minimum Gasteiger partial charge on any atom is -0.393 e. The SMILES string of the molecule is N#Cc1ccc(NS(=O)(=O)c2cn(SI)c3c2CCC(O)C3)c(F)c1. The molecule has 0 saturated heterocycles. The van der Waals surface area contributed by atoms with E-state index in [9.17, 15) is 17.9 Å². The molecule has 1 atom stereocenters. The van der Waals surface area contributed by atoms with Gasteiger partial charge in [0, 0.05) is 48.6 Å². The largest absolute Gasteiger partial charge is 0.393 e. The van der Waals surface area contributed by atoms with Crippen LogP contribution in [0.15, 0.2) is 29.3 Å². The summed E-state index contributed by atoms with van der Waals surface area (Å²) in [5.41, 5.74) is 1.31. The van der Waals surface area contributed by atoms with Gasteiger partial charge in [-0.2, -0.15) is 5.26 Å². The summed E-state index contributed by atoms with van der Waals surface area (Å²) < 4.78 is 43.5. The van der Waals surface area contributed by atoms with Gasteiger partial charge in [0.15, 0.2) is 0 Å². The summed E-state index contributed by atoms with van der Waals surface area (Å²) in [5, 5.41) is 18.6. The first-order valence-corrected chi connectivity index (χ1v) is 12.1. The maximum absolute atomic E-state index is 14.0. The van der Waals surface area contributed by atoms with Crippen molar-refractivity contribution in [1.82, 2.24) is 3.97 Å². The van der Waals surface area contributed by atoms with Gasteiger partial charge in [-0.3, -0.25) is 8.69 Å². The maximum Gasteiger partial charge on any atom is 0.263 e. The molecule has 1 aromatic carbocycles. The van der Waals surface area contributed by atoms with Crippen LogP contribution in [0.1, 0.15) is 23.2 Å². The fourth-order valence-electron chi connectivity index (χ4n) is 2.81. The van der Waals surface area contributed by atoms with Crippen LogP contribution in [0.4, 0.5) is 10.1 Å². The number of fused-ring (bicyclic) bond motifs is 1. The number of aliphatic hydroxyl groups is 1. The van der Waals surface area contributed by atoms with E-state index in [1.807, 2.05) is 21.2 Å². The standard InChI is InChI=1S/C15H13FIN3O3S2/c16-12-5-9(7-18)1-4-13(12)19-25(22,23)15-8-20(24-17)14-6-10(21)2-3-11(14)15/h1,4-5,8,10,19,21H,2-3,6H2. The molecule has 0 saturated carbocycles. The molecule has 1 heterocycles. The van der Waals surface area contributed by atoms with Gasteiger partial charge >= 0.3 is 0 Å². The number of aliphatic hydroxyl groups excluding tert-OH is 1. The van der Waals surface area contributed by atoms with E-state index in [0.717, 1.165) is 11.8 Å². The summed E-state index contributed by atoms with van der Waals surface area (Å²) in [6.45, 7) is 0. The van der Waals surface area contributed by atoms with Crippen LogP contribution in [-0.4, -0.2) is 23.6 Å². The van der Waals surface area contributed by atoms with E-state index < -0.39 is 21.9 Å². The second kappa shape index (κ2) is 7.14. The van der Waals surface area contributed by atoms with Gasteiger partial charge in [0.05, 0.1) is 23.4 Å². The van der Waals surface area contributed by atoms with Crippen molar-refractivity contribution in [3.8, 4) is 6.07 Å². The first-order chi connectivity index (χ1) is 11.9. The van der Waals surface area contributed by atoms with Crippen LogP contribution in [0, 0.1) is 17.1 Å². The van der Waals surface area contributed by atoms with Gasteiger partial charge in [-0.05, 0) is 36.6 Å². The van der Waals surface area contributed by atoms with Gasteiger partial charge in [-0.1, -0.05) is 0 Å². The average Bonchev–Trinajstić information content (AvgIpc) is 2.95. The highest BCUT2D eigenvalue weighted by Gasteiger charge is 2.30. The number of sulfonamides is 1. The van der Waals surface area contributed by atoms with Crippen molar-refractivity contribution in [2.75, 3.05) is 4.72 Å². The number of benzene rings is 1. The van der Waals surface area contributed by atoms with E-state index in [2.05, 4.69) is 4.72 Å². The topological polar surface area (TPSA) is 95.1 Å². The predicted octanol–water partition coefficient (Wildman–Crippen LogP) is 3.00. The molecule has 10 heteroatoms. The summed E-state index contributed by atoms with van der Waals surface area (Å²) in [7, 11) is -2.69. The number of hydrogen-bond acceptors (Lipinski definition) is 5. The van der Waals surface area contributed by atoms with Crippen molar-refractivity contribution in [2.24, 2.45) is 0 Å². The molecule has 0 spiro atoms. The first-order valence-electron chi connectivity index (χ1n) is 7.28. The monoisotopic (exact) mass is 493 g/mol. The molecule has 0 fully saturated rings. The molecule has 2 N–H and O–H groups in total. The van der Waals surface area contributed by atoms with Gasteiger partial charge in [-0.15, -0.1) is 0 Å². The third kappa shape index (κ3) is 3.64. The zero-order valence-electron chi connectivity index (χ0n) is 12.7. The van der Waals surface area contributed by atoms with Crippen LogP contribution in [0.5, 0.6) is 0 Å². The number of halogens is 2. The third-order valence-corrected chi connectivity index (χ3v) is 7.18. The summed E-state index contributed by atoms with van der Waals surface area (Å²) in [4.78, 5) is 0.0855. The lowest BCUT2D eigenvalue weighted by Gasteiger charge is -2.19. The predicted molar refractivity (Wildman–Crippen MR) is 101 cm³/mol. The highest BCUT2D eigenvalue weighted by Crippen LogP contribution is 2.35. The minimum absolute atomic E-state index is 0.0855. The number of anilines is 1. The van der Waals surface area contributed by atoms with Crippen LogP contribution in [0.3, 0.4) is 0 Å². The van der Waals surface area contributed by atoms with Crippen LogP contribution in [0.2, 0.25) is 0 Å². The number of rotatable bonds is 4. The highest BCUT2D eigenvalue weighted by atomic mass is 127. The third-order valence-electron chi connectivity index (χ3n) is 4.01. The molecule has 1 aliphatic rings. The second-order valence-corrected chi connectivity index (χ2v) is 8.99. The fourth-order valence-corrected chi connectivity index (χ4v) is 5.70. The molecule has 0 aliphatic heterocycles. The Labute approximate surface area is 160 Å². The van der Waals surface area contributed by atoms with E-state index in [0.29, 0.717) is 24.8 Å². The molecule has 3 rings (SSSR count). The Morgan fingerprint density at radius 3 is 2.88 bits per heavy atom. The Bertz CT molecular complexity index is 969. The zero-order valence-corrected chi connectivity index (χ0v) is 16.5. The number of aromatic nitrogens is 1. The van der Waals surface area contributed by atoms with Gasteiger partial charge < -0.3 is 5.11 Å². The van der Waals surface area contributed by atoms with Gasteiger partial charge in [0.25, 0.3) is 10.0 Å². The number of nitrogens with zero attached hydrogens (tertiary/aromatic N) is 2. The number of hydrogen-bond donors (Lipinski definition) is 2. The van der Waals surface area contributed by atoms with E-state index in [4.69, 9.17) is 5.26 Å². The van der Waals surface area contributed by atoms with Crippen molar-refractivity contribution in [2.45, 2.75) is 30.3 Å². The van der Waals surface area contributed by atoms with Crippen molar-refractivity contribution < 1.29 is 17.9 Å². The van der Waals surface area contributed by atoms with Crippen LogP contribution in [-0.2, 0) is 22.9 Å². The summed E-state index contributed by atoms with van der Waals surface area (Å²) in [5.74, 6) is -0.811. The van der Waals surface area contributed by atoms with Gasteiger partial charge in [0.2, 0.25) is 0 Å². The van der Waals surface area contributed by atoms with E-state index in [1.54, 1.807) is 10.0 Å². The summed E-state index contributed by atoms with van der Waals surface area (Å²) in [6, 6.07) is 5.35. The summed E-state index contributed by atoms with van der Waals surface area (Å²) in [6.07, 6.45) is 2.29. The van der Waals surface area contributed by atoms with Crippen LogP contribution >= 0.6 is 30.3 Å². The van der Waals surface area contributed by atoms with E-state index in [-0.39, 0.29) is 16.1 Å². The molecule has 0 radical (unpaired) electrons. The van der Waals surface area contributed by atoms with Gasteiger partial charge in [-0.25, -0.2) is 12.8 Å². The van der Waals surface area contributed by atoms with Crippen molar-refractivity contribution >= 4 is 46.0 Å². The molecule has 132 valence electrons. The molecule has 1 aromatic heterocycles. The zero-order chi connectivity index (χ0) is 18.2. The molecule has 0 bridgehead atoms. The quantitative estimate of drug-likeness (QED) is 0.639. The van der Waals surface area contributed by atoms with Crippen LogP contribution in [0.25, 0.3) is 0 Å². The molecule has 1 aliphatic carbocycles. The Morgan fingerprint density at radius 2 is 2.24 bits per heavy atom. The fraction of sp³-hybridized carbons (Fsp3) is 0.267. The van der Waals surface area contributed by atoms with Crippen molar-refractivity contribution in [3.05, 3.63) is 47.0 Å². The minimum atomic E-state index is -4.00. The Kier molecular flexibility index (Phi) is 5.29. The first kappa shape index (κ1) is 18.5.